The molecule has 134 valence electrons. The standard InChI is InChI=1S/C17H18N6O2S/c1-23-8-7-19-15(23)14-11(5-9-25-14)20-17(24)22-13-10-26-16(21-13)12-4-2-3-6-18-12/h2-4,6-8,10-11,14H,5,9H2,1H3,(H2,20,22,24)/t11-,14-/m0/s1. The van der Waals surface area contributed by atoms with E-state index in [0.717, 1.165) is 22.9 Å². The van der Waals surface area contributed by atoms with Gasteiger partial charge >= 0.3 is 6.03 Å². The lowest BCUT2D eigenvalue weighted by atomic mass is 10.1. The van der Waals surface area contributed by atoms with Crippen LogP contribution in [0.1, 0.15) is 18.3 Å². The highest BCUT2D eigenvalue weighted by molar-refractivity contribution is 7.13. The number of amides is 2. The second-order valence-electron chi connectivity index (χ2n) is 5.93. The van der Waals surface area contributed by atoms with Crippen molar-refractivity contribution in [2.75, 3.05) is 11.9 Å². The molecule has 8 nitrogen and oxygen atoms in total. The second kappa shape index (κ2) is 7.22. The molecule has 0 bridgehead atoms. The number of hydrogen-bond acceptors (Lipinski definition) is 6. The first kappa shape index (κ1) is 16.7. The first-order chi connectivity index (χ1) is 12.7. The number of aromatic nitrogens is 4. The van der Waals surface area contributed by atoms with Crippen molar-refractivity contribution in [3.63, 3.8) is 0 Å². The number of urea groups is 1. The van der Waals surface area contributed by atoms with Crippen LogP contribution in [0.2, 0.25) is 0 Å². The van der Waals surface area contributed by atoms with Gasteiger partial charge in [0.05, 0.1) is 11.7 Å². The van der Waals surface area contributed by atoms with Crippen LogP contribution in [0.4, 0.5) is 10.6 Å². The molecule has 2 N–H and O–H groups in total. The number of carbonyl (C=O) groups excluding carboxylic acids is 1. The Balaban J connectivity index is 1.40. The van der Waals surface area contributed by atoms with Crippen LogP contribution in [0.25, 0.3) is 10.7 Å². The van der Waals surface area contributed by atoms with Gasteiger partial charge in [-0.05, 0) is 18.6 Å². The molecule has 9 heteroatoms. The third-order valence-electron chi connectivity index (χ3n) is 4.15. The highest BCUT2D eigenvalue weighted by atomic mass is 32.1. The van der Waals surface area contributed by atoms with Crippen molar-refractivity contribution in [3.8, 4) is 10.7 Å². The van der Waals surface area contributed by atoms with Crippen LogP contribution in [0.3, 0.4) is 0 Å². The minimum Gasteiger partial charge on any atom is -0.368 e. The molecule has 2 amide bonds. The van der Waals surface area contributed by atoms with Gasteiger partial charge in [-0.3, -0.25) is 10.3 Å². The molecule has 1 aliphatic heterocycles. The van der Waals surface area contributed by atoms with Gasteiger partial charge in [0.1, 0.15) is 22.8 Å². The van der Waals surface area contributed by atoms with E-state index in [1.807, 2.05) is 36.0 Å². The minimum atomic E-state index is -0.308. The zero-order chi connectivity index (χ0) is 17.9. The number of carbonyl (C=O) groups is 1. The maximum atomic E-state index is 12.4. The van der Waals surface area contributed by atoms with Crippen LogP contribution in [0.15, 0.2) is 42.2 Å². The molecule has 0 unspecified atom stereocenters. The summed E-state index contributed by atoms with van der Waals surface area (Å²) in [5.74, 6) is 1.31. The van der Waals surface area contributed by atoms with E-state index in [9.17, 15) is 4.79 Å². The highest BCUT2D eigenvalue weighted by Crippen LogP contribution is 2.28. The zero-order valence-electron chi connectivity index (χ0n) is 14.1. The number of aryl methyl sites for hydroxylation is 1. The molecule has 4 heterocycles. The maximum absolute atomic E-state index is 12.4. The lowest BCUT2D eigenvalue weighted by Gasteiger charge is -2.19. The lowest BCUT2D eigenvalue weighted by Crippen LogP contribution is -2.40. The van der Waals surface area contributed by atoms with Crippen molar-refractivity contribution in [1.29, 1.82) is 0 Å². The summed E-state index contributed by atoms with van der Waals surface area (Å²) in [7, 11) is 1.91. The Morgan fingerprint density at radius 3 is 3.04 bits per heavy atom. The van der Waals surface area contributed by atoms with Crippen molar-refractivity contribution in [2.24, 2.45) is 7.05 Å². The molecule has 26 heavy (non-hydrogen) atoms. The fraction of sp³-hybridized carbons (Fsp3) is 0.294. The number of pyridine rings is 1. The number of imidazole rings is 1. The summed E-state index contributed by atoms with van der Waals surface area (Å²) in [5.41, 5.74) is 0.782. The van der Waals surface area contributed by atoms with E-state index in [0.29, 0.717) is 12.4 Å². The smallest absolute Gasteiger partial charge is 0.320 e. The van der Waals surface area contributed by atoms with Crippen LogP contribution in [-0.2, 0) is 11.8 Å². The number of thiazole rings is 1. The average molecular weight is 370 g/mol. The topological polar surface area (TPSA) is 94.0 Å². The summed E-state index contributed by atoms with van der Waals surface area (Å²) in [4.78, 5) is 25.4. The first-order valence-electron chi connectivity index (χ1n) is 8.24. The maximum Gasteiger partial charge on any atom is 0.320 e. The molecule has 3 aromatic heterocycles. The molecule has 1 fully saturated rings. The van der Waals surface area contributed by atoms with Crippen LogP contribution in [0.5, 0.6) is 0 Å². The molecule has 0 radical (unpaired) electrons. The van der Waals surface area contributed by atoms with Crippen LogP contribution in [-0.4, -0.2) is 38.2 Å². The minimum absolute atomic E-state index is 0.134. The Labute approximate surface area is 154 Å². The summed E-state index contributed by atoms with van der Waals surface area (Å²) in [6.07, 6.45) is 5.79. The lowest BCUT2D eigenvalue weighted by molar-refractivity contribution is 0.0913. The van der Waals surface area contributed by atoms with Gasteiger partial charge in [-0.15, -0.1) is 11.3 Å². The van der Waals surface area contributed by atoms with Gasteiger partial charge < -0.3 is 14.6 Å². The number of rotatable bonds is 4. The molecule has 1 saturated heterocycles. The van der Waals surface area contributed by atoms with E-state index in [4.69, 9.17) is 4.74 Å². The quantitative estimate of drug-likeness (QED) is 0.736. The van der Waals surface area contributed by atoms with E-state index in [2.05, 4.69) is 25.6 Å². The number of nitrogens with one attached hydrogen (secondary N) is 2. The van der Waals surface area contributed by atoms with Gasteiger partial charge in [0.25, 0.3) is 0 Å². The summed E-state index contributed by atoms with van der Waals surface area (Å²) >= 11 is 1.43. The SMILES string of the molecule is Cn1ccnc1[C@H]1OCC[C@@H]1NC(=O)Nc1csc(-c2ccccn2)n1. The molecule has 2 atom stereocenters. The number of ether oxygens (including phenoxy) is 1. The number of nitrogens with zero attached hydrogens (tertiary/aromatic N) is 4. The van der Waals surface area contributed by atoms with Crippen molar-refractivity contribution < 1.29 is 9.53 Å². The Bertz CT molecular complexity index is 894. The molecule has 0 saturated carbocycles. The van der Waals surface area contributed by atoms with Crippen LogP contribution in [0, 0.1) is 0 Å². The van der Waals surface area contributed by atoms with E-state index in [-0.39, 0.29) is 18.2 Å². The number of anilines is 1. The Hall–Kier alpha value is -2.78. The van der Waals surface area contributed by atoms with Gasteiger partial charge in [0.2, 0.25) is 0 Å². The van der Waals surface area contributed by atoms with Crippen molar-refractivity contribution in [1.82, 2.24) is 24.8 Å². The number of hydrogen-bond donors (Lipinski definition) is 2. The van der Waals surface area contributed by atoms with Crippen LogP contribution < -0.4 is 10.6 Å². The monoisotopic (exact) mass is 370 g/mol. The Morgan fingerprint density at radius 1 is 1.35 bits per heavy atom. The van der Waals surface area contributed by atoms with E-state index in [1.165, 1.54) is 11.3 Å². The summed E-state index contributed by atoms with van der Waals surface area (Å²) in [5, 5.41) is 8.30. The molecule has 0 spiro atoms. The van der Waals surface area contributed by atoms with Crippen molar-refractivity contribution in [3.05, 3.63) is 48.0 Å². The predicted octanol–water partition coefficient (Wildman–Crippen LogP) is 2.59. The largest absolute Gasteiger partial charge is 0.368 e. The van der Waals surface area contributed by atoms with E-state index < -0.39 is 0 Å². The van der Waals surface area contributed by atoms with Crippen molar-refractivity contribution >= 4 is 23.2 Å². The third kappa shape index (κ3) is 3.44. The van der Waals surface area contributed by atoms with Crippen molar-refractivity contribution in [2.45, 2.75) is 18.6 Å². The highest BCUT2D eigenvalue weighted by Gasteiger charge is 2.33. The second-order valence-corrected chi connectivity index (χ2v) is 6.79. The Kier molecular flexibility index (Phi) is 4.63. The first-order valence-corrected chi connectivity index (χ1v) is 9.12. The van der Waals surface area contributed by atoms with E-state index in [1.54, 1.807) is 17.8 Å². The summed E-state index contributed by atoms with van der Waals surface area (Å²) < 4.78 is 7.66. The normalized spacial score (nSPS) is 19.4. The predicted molar refractivity (Wildman–Crippen MR) is 97.8 cm³/mol. The fourth-order valence-corrected chi connectivity index (χ4v) is 3.63. The molecule has 3 aromatic rings. The summed E-state index contributed by atoms with van der Waals surface area (Å²) in [6.45, 7) is 0.586. The van der Waals surface area contributed by atoms with Gasteiger partial charge in [-0.25, -0.2) is 14.8 Å². The molecular formula is C17H18N6O2S. The molecule has 1 aliphatic rings. The van der Waals surface area contributed by atoms with Gasteiger partial charge in [-0.2, -0.15) is 0 Å². The molecule has 0 aromatic carbocycles. The summed E-state index contributed by atoms with van der Waals surface area (Å²) in [6, 6.07) is 5.20. The van der Waals surface area contributed by atoms with Gasteiger partial charge in [-0.1, -0.05) is 6.07 Å². The van der Waals surface area contributed by atoms with E-state index >= 15 is 0 Å². The Morgan fingerprint density at radius 2 is 2.27 bits per heavy atom. The molecular weight excluding hydrogens is 352 g/mol. The molecule has 4 rings (SSSR count). The zero-order valence-corrected chi connectivity index (χ0v) is 14.9. The van der Waals surface area contributed by atoms with Crippen LogP contribution >= 0.6 is 11.3 Å². The fourth-order valence-electron chi connectivity index (χ4n) is 2.90. The average Bonchev–Trinajstić information content (AvgIpc) is 3.37. The molecule has 0 aliphatic carbocycles. The third-order valence-corrected chi connectivity index (χ3v) is 5.02. The van der Waals surface area contributed by atoms with Gasteiger partial charge in [0, 0.05) is 37.6 Å². The van der Waals surface area contributed by atoms with Gasteiger partial charge in [0.15, 0.2) is 0 Å².